The maximum absolute atomic E-state index is 12.2. The zero-order valence-corrected chi connectivity index (χ0v) is 19.4. The number of nitrogens with one attached hydrogen (secondary N) is 2. The topological polar surface area (TPSA) is 70.2 Å². The van der Waals surface area contributed by atoms with Crippen molar-refractivity contribution in [3.63, 3.8) is 0 Å². The molecule has 3 aromatic rings. The molecule has 164 valence electrons. The predicted molar refractivity (Wildman–Crippen MR) is 129 cm³/mol. The van der Waals surface area contributed by atoms with Gasteiger partial charge in [-0.2, -0.15) is 0 Å². The molecule has 3 heterocycles. The summed E-state index contributed by atoms with van der Waals surface area (Å²) < 4.78 is 1.08. The van der Waals surface area contributed by atoms with E-state index in [1.54, 1.807) is 18.4 Å². The molecule has 4 rings (SSSR count). The van der Waals surface area contributed by atoms with Crippen LogP contribution in [0.2, 0.25) is 0 Å². The predicted octanol–water partition coefficient (Wildman–Crippen LogP) is 4.56. The Morgan fingerprint density at radius 1 is 1.29 bits per heavy atom. The Morgan fingerprint density at radius 3 is 2.87 bits per heavy atom. The standard InChI is InChI=1S/C24H31N5OS/c1-16-15-27-24(26-11-5-6-17-9-12-29(3)13-10-17)28-22(16)21-14-19-18(23(30)25-2)7-4-8-20(19)31-21/h4,7-8,14-15,17H,5-6,9-13H2,1-3H3,(H,25,30)(H,26,27,28). The monoisotopic (exact) mass is 437 g/mol. The van der Waals surface area contributed by atoms with Gasteiger partial charge in [0, 0.05) is 35.4 Å². The number of nitrogens with zero attached hydrogens (tertiary/aromatic N) is 3. The Hall–Kier alpha value is -2.51. The number of carbonyl (C=O) groups is 1. The number of aryl methyl sites for hydroxylation is 1. The molecule has 2 N–H and O–H groups in total. The van der Waals surface area contributed by atoms with Crippen LogP contribution in [0, 0.1) is 12.8 Å². The highest BCUT2D eigenvalue weighted by Crippen LogP contribution is 2.36. The highest BCUT2D eigenvalue weighted by molar-refractivity contribution is 7.22. The highest BCUT2D eigenvalue weighted by atomic mass is 32.1. The molecule has 0 radical (unpaired) electrons. The van der Waals surface area contributed by atoms with E-state index in [1.807, 2.05) is 25.3 Å². The minimum absolute atomic E-state index is 0.0682. The minimum Gasteiger partial charge on any atom is -0.355 e. The molecule has 2 aromatic heterocycles. The third-order valence-electron chi connectivity index (χ3n) is 6.15. The number of anilines is 1. The summed E-state index contributed by atoms with van der Waals surface area (Å²) in [6, 6.07) is 7.91. The fourth-order valence-electron chi connectivity index (χ4n) is 4.23. The van der Waals surface area contributed by atoms with Gasteiger partial charge in [-0.05, 0) is 82.4 Å². The number of piperidine rings is 1. The second kappa shape index (κ2) is 9.75. The largest absolute Gasteiger partial charge is 0.355 e. The molecular formula is C24H31N5OS. The molecule has 7 heteroatoms. The van der Waals surface area contributed by atoms with Crippen LogP contribution in [-0.2, 0) is 0 Å². The molecule has 1 aromatic carbocycles. The Morgan fingerprint density at radius 2 is 2.10 bits per heavy atom. The Balaban J connectivity index is 1.45. The number of benzene rings is 1. The molecule has 0 spiro atoms. The first kappa shape index (κ1) is 21.7. The summed E-state index contributed by atoms with van der Waals surface area (Å²) >= 11 is 1.66. The summed E-state index contributed by atoms with van der Waals surface area (Å²) in [6.07, 6.45) is 6.90. The summed E-state index contributed by atoms with van der Waals surface area (Å²) in [5.41, 5.74) is 2.66. The van der Waals surface area contributed by atoms with Gasteiger partial charge in [-0.15, -0.1) is 11.3 Å². The molecule has 6 nitrogen and oxygen atoms in total. The summed E-state index contributed by atoms with van der Waals surface area (Å²) in [5, 5.41) is 7.10. The zero-order valence-electron chi connectivity index (χ0n) is 18.6. The van der Waals surface area contributed by atoms with E-state index in [2.05, 4.69) is 39.7 Å². The van der Waals surface area contributed by atoms with Crippen LogP contribution >= 0.6 is 11.3 Å². The molecule has 0 unspecified atom stereocenters. The number of hydrogen-bond donors (Lipinski definition) is 2. The van der Waals surface area contributed by atoms with Gasteiger partial charge in [0.25, 0.3) is 5.91 Å². The molecule has 0 atom stereocenters. The number of hydrogen-bond acceptors (Lipinski definition) is 6. The van der Waals surface area contributed by atoms with E-state index >= 15 is 0 Å². The molecule has 0 saturated carbocycles. The van der Waals surface area contributed by atoms with Gasteiger partial charge in [0.1, 0.15) is 0 Å². The van der Waals surface area contributed by atoms with Gasteiger partial charge in [-0.1, -0.05) is 6.07 Å². The fraction of sp³-hybridized carbons (Fsp3) is 0.458. The quantitative estimate of drug-likeness (QED) is 0.530. The number of amides is 1. The molecule has 0 bridgehead atoms. The number of carbonyl (C=O) groups excluding carboxylic acids is 1. The number of aromatic nitrogens is 2. The molecule has 31 heavy (non-hydrogen) atoms. The van der Waals surface area contributed by atoms with Crippen molar-refractivity contribution in [2.75, 3.05) is 39.0 Å². The van der Waals surface area contributed by atoms with E-state index < -0.39 is 0 Å². The second-order valence-electron chi connectivity index (χ2n) is 8.45. The van der Waals surface area contributed by atoms with Crippen molar-refractivity contribution >= 4 is 33.3 Å². The van der Waals surface area contributed by atoms with Crippen molar-refractivity contribution in [1.82, 2.24) is 20.2 Å². The van der Waals surface area contributed by atoms with E-state index in [1.165, 1.54) is 32.4 Å². The van der Waals surface area contributed by atoms with Crippen LogP contribution in [0.3, 0.4) is 0 Å². The van der Waals surface area contributed by atoms with Crippen molar-refractivity contribution in [2.24, 2.45) is 5.92 Å². The van der Waals surface area contributed by atoms with Gasteiger partial charge in [0.2, 0.25) is 5.95 Å². The van der Waals surface area contributed by atoms with E-state index in [0.29, 0.717) is 11.5 Å². The summed E-state index contributed by atoms with van der Waals surface area (Å²) in [5.74, 6) is 1.45. The van der Waals surface area contributed by atoms with Crippen LogP contribution < -0.4 is 10.6 Å². The van der Waals surface area contributed by atoms with Gasteiger partial charge in [-0.25, -0.2) is 9.97 Å². The molecule has 1 fully saturated rings. The molecule has 1 aliphatic rings. The van der Waals surface area contributed by atoms with Gasteiger partial charge in [0.15, 0.2) is 0 Å². The van der Waals surface area contributed by atoms with Gasteiger partial charge < -0.3 is 15.5 Å². The fourth-order valence-corrected chi connectivity index (χ4v) is 5.37. The lowest BCUT2D eigenvalue weighted by molar-refractivity contribution is 0.0965. The first-order valence-corrected chi connectivity index (χ1v) is 11.9. The summed E-state index contributed by atoms with van der Waals surface area (Å²) in [6.45, 7) is 5.37. The van der Waals surface area contributed by atoms with Gasteiger partial charge >= 0.3 is 0 Å². The first-order chi connectivity index (χ1) is 15.0. The third kappa shape index (κ3) is 5.05. The number of thiophene rings is 1. The molecule has 1 aliphatic heterocycles. The lowest BCUT2D eigenvalue weighted by Crippen LogP contribution is -2.30. The van der Waals surface area contributed by atoms with E-state index in [-0.39, 0.29) is 5.91 Å². The summed E-state index contributed by atoms with van der Waals surface area (Å²) in [4.78, 5) is 25.0. The highest BCUT2D eigenvalue weighted by Gasteiger charge is 2.17. The van der Waals surface area contributed by atoms with Crippen molar-refractivity contribution in [2.45, 2.75) is 32.6 Å². The van der Waals surface area contributed by atoms with Crippen LogP contribution in [0.25, 0.3) is 20.7 Å². The average molecular weight is 438 g/mol. The average Bonchev–Trinajstić information content (AvgIpc) is 3.22. The lowest BCUT2D eigenvalue weighted by Gasteiger charge is -2.28. The van der Waals surface area contributed by atoms with Crippen molar-refractivity contribution in [3.05, 3.63) is 41.6 Å². The van der Waals surface area contributed by atoms with E-state index in [0.717, 1.165) is 45.1 Å². The van der Waals surface area contributed by atoms with Crippen LogP contribution in [-0.4, -0.2) is 54.5 Å². The normalized spacial score (nSPS) is 15.3. The Bertz CT molecular complexity index is 1060. The number of rotatable bonds is 7. The third-order valence-corrected chi connectivity index (χ3v) is 7.26. The lowest BCUT2D eigenvalue weighted by atomic mass is 9.92. The Kier molecular flexibility index (Phi) is 6.83. The SMILES string of the molecule is CNC(=O)c1cccc2sc(-c3nc(NCCCC4CCN(C)CC4)ncc3C)cc12. The zero-order chi connectivity index (χ0) is 21.8. The molecular weight excluding hydrogens is 406 g/mol. The van der Waals surface area contributed by atoms with E-state index in [9.17, 15) is 4.79 Å². The van der Waals surface area contributed by atoms with Gasteiger partial charge in [0.05, 0.1) is 10.6 Å². The minimum atomic E-state index is -0.0682. The van der Waals surface area contributed by atoms with E-state index in [4.69, 9.17) is 4.98 Å². The number of fused-ring (bicyclic) bond motifs is 1. The summed E-state index contributed by atoms with van der Waals surface area (Å²) in [7, 11) is 3.87. The maximum Gasteiger partial charge on any atom is 0.251 e. The van der Waals surface area contributed by atoms with Crippen molar-refractivity contribution < 1.29 is 4.79 Å². The van der Waals surface area contributed by atoms with Crippen LogP contribution in [0.5, 0.6) is 0 Å². The second-order valence-corrected chi connectivity index (χ2v) is 9.53. The van der Waals surface area contributed by atoms with Crippen LogP contribution in [0.15, 0.2) is 30.5 Å². The van der Waals surface area contributed by atoms with Crippen molar-refractivity contribution in [1.29, 1.82) is 0 Å². The molecule has 0 aliphatic carbocycles. The Labute approximate surface area is 188 Å². The maximum atomic E-state index is 12.2. The van der Waals surface area contributed by atoms with Gasteiger partial charge in [-0.3, -0.25) is 4.79 Å². The van der Waals surface area contributed by atoms with Crippen LogP contribution in [0.1, 0.15) is 41.6 Å². The molecule has 1 saturated heterocycles. The van der Waals surface area contributed by atoms with Crippen molar-refractivity contribution in [3.8, 4) is 10.6 Å². The molecule has 1 amide bonds. The van der Waals surface area contributed by atoms with Crippen LogP contribution in [0.4, 0.5) is 5.95 Å². The smallest absolute Gasteiger partial charge is 0.251 e. The first-order valence-electron chi connectivity index (χ1n) is 11.1. The number of likely N-dealkylation sites (tertiary alicyclic amines) is 1.